The molecule has 0 atom stereocenters. The summed E-state index contributed by atoms with van der Waals surface area (Å²) in [4.78, 5) is 4.29. The number of fused-ring (bicyclic) bond motifs is 1. The molecule has 0 bridgehead atoms. The average Bonchev–Trinajstić information content (AvgIpc) is 2.94. The summed E-state index contributed by atoms with van der Waals surface area (Å²) < 4.78 is 7.38. The summed E-state index contributed by atoms with van der Waals surface area (Å²) in [6.07, 6.45) is 5.25. The van der Waals surface area contributed by atoms with Crippen molar-refractivity contribution in [3.63, 3.8) is 0 Å². The van der Waals surface area contributed by atoms with Gasteiger partial charge in [0, 0.05) is 12.4 Å². The lowest BCUT2D eigenvalue weighted by Crippen LogP contribution is -2.13. The Hall–Kier alpha value is -2.76. The highest BCUT2D eigenvalue weighted by Crippen LogP contribution is 2.19. The maximum atomic E-state index is 5.81. The third kappa shape index (κ3) is 2.49. The van der Waals surface area contributed by atoms with Gasteiger partial charge in [-0.25, -0.2) is 9.50 Å². The van der Waals surface area contributed by atoms with Crippen LogP contribution in [0.5, 0.6) is 5.75 Å². The van der Waals surface area contributed by atoms with E-state index in [2.05, 4.69) is 15.4 Å². The molecular weight excluding hydrogens is 254 g/mol. The van der Waals surface area contributed by atoms with Gasteiger partial charge in [0.2, 0.25) is 0 Å². The molecule has 2 aromatic heterocycles. The van der Waals surface area contributed by atoms with E-state index < -0.39 is 0 Å². The smallest absolute Gasteiger partial charge is 0.152 e. The number of ether oxygens (including phenoxy) is 1. The minimum atomic E-state index is 0.505. The van der Waals surface area contributed by atoms with Crippen LogP contribution in [0.2, 0.25) is 0 Å². The average molecular weight is 269 g/mol. The number of nitrogens with zero attached hydrogens (tertiary/aromatic N) is 3. The third-order valence-corrected chi connectivity index (χ3v) is 2.90. The van der Waals surface area contributed by atoms with Gasteiger partial charge in [-0.05, 0) is 18.2 Å². The molecule has 0 aliphatic carbocycles. The molecule has 6 heteroatoms. The second-order valence-corrected chi connectivity index (χ2v) is 4.25. The van der Waals surface area contributed by atoms with Gasteiger partial charge in [0.05, 0.1) is 18.4 Å². The molecule has 1 aromatic carbocycles. The second kappa shape index (κ2) is 5.48. The van der Waals surface area contributed by atoms with Gasteiger partial charge in [-0.3, -0.25) is 0 Å². The molecule has 0 amide bonds. The van der Waals surface area contributed by atoms with E-state index in [1.165, 1.54) is 0 Å². The van der Waals surface area contributed by atoms with Crippen molar-refractivity contribution in [3.05, 3.63) is 48.9 Å². The van der Waals surface area contributed by atoms with Gasteiger partial charge in [0.1, 0.15) is 17.9 Å². The highest BCUT2D eigenvalue weighted by atomic mass is 16.5. The molecule has 0 spiro atoms. The van der Waals surface area contributed by atoms with Gasteiger partial charge < -0.3 is 15.8 Å². The van der Waals surface area contributed by atoms with Crippen LogP contribution in [0.1, 0.15) is 0 Å². The van der Waals surface area contributed by atoms with E-state index in [-0.39, 0.29) is 0 Å². The van der Waals surface area contributed by atoms with Gasteiger partial charge in [0.15, 0.2) is 5.82 Å². The van der Waals surface area contributed by atoms with Gasteiger partial charge in [-0.2, -0.15) is 5.10 Å². The van der Waals surface area contributed by atoms with Crippen molar-refractivity contribution >= 4 is 17.0 Å². The van der Waals surface area contributed by atoms with Crippen LogP contribution in [-0.2, 0) is 0 Å². The number of rotatable bonds is 5. The first-order chi connectivity index (χ1) is 9.84. The summed E-state index contributed by atoms with van der Waals surface area (Å²) >= 11 is 0. The normalized spacial score (nSPS) is 10.6. The van der Waals surface area contributed by atoms with Gasteiger partial charge in [0.25, 0.3) is 0 Å². The lowest BCUT2D eigenvalue weighted by molar-refractivity contribution is 0.334. The molecule has 3 aromatic rings. The zero-order chi connectivity index (χ0) is 13.8. The number of benzene rings is 1. The Morgan fingerprint density at radius 1 is 1.20 bits per heavy atom. The first-order valence-corrected chi connectivity index (χ1v) is 6.34. The Labute approximate surface area is 116 Å². The molecule has 0 unspecified atom stereocenters. The predicted octanol–water partition coefficient (Wildman–Crippen LogP) is 1.80. The number of nitrogens with two attached hydrogens (primary N) is 1. The van der Waals surface area contributed by atoms with E-state index in [1.807, 2.05) is 36.5 Å². The molecule has 0 aliphatic rings. The lowest BCUT2D eigenvalue weighted by Gasteiger charge is -2.10. The van der Waals surface area contributed by atoms with E-state index in [1.54, 1.807) is 16.9 Å². The molecular formula is C14H15N5O. The zero-order valence-corrected chi connectivity index (χ0v) is 10.9. The number of para-hydroxylation sites is 2. The number of hydrogen-bond acceptors (Lipinski definition) is 5. The molecule has 6 nitrogen and oxygen atoms in total. The Balaban J connectivity index is 1.58. The van der Waals surface area contributed by atoms with E-state index >= 15 is 0 Å². The number of nitrogen functional groups attached to an aromatic ring is 1. The number of aromatic nitrogens is 3. The van der Waals surface area contributed by atoms with Crippen LogP contribution in [0.15, 0.2) is 48.9 Å². The Bertz CT molecular complexity index is 709. The molecule has 0 saturated carbocycles. The lowest BCUT2D eigenvalue weighted by atomic mass is 10.3. The second-order valence-electron chi connectivity index (χ2n) is 4.25. The monoisotopic (exact) mass is 269 g/mol. The van der Waals surface area contributed by atoms with Crippen LogP contribution in [0, 0.1) is 0 Å². The molecule has 20 heavy (non-hydrogen) atoms. The standard InChI is InChI=1S/C14H15N5O/c15-11-3-1-2-4-13(11)20-10-8-17-14-12-5-6-18-19(12)9-7-16-14/h1-7,9H,8,10,15H2,(H,16,17). The van der Waals surface area contributed by atoms with Gasteiger partial charge in [-0.15, -0.1) is 0 Å². The largest absolute Gasteiger partial charge is 0.490 e. The predicted molar refractivity (Wildman–Crippen MR) is 77.8 cm³/mol. The minimum Gasteiger partial charge on any atom is -0.490 e. The van der Waals surface area contributed by atoms with Crippen LogP contribution >= 0.6 is 0 Å². The van der Waals surface area contributed by atoms with Crippen LogP contribution in [0.4, 0.5) is 11.5 Å². The number of nitrogens with one attached hydrogen (secondary N) is 1. The summed E-state index contributed by atoms with van der Waals surface area (Å²) in [6.45, 7) is 1.14. The Morgan fingerprint density at radius 2 is 2.10 bits per heavy atom. The first-order valence-electron chi connectivity index (χ1n) is 6.34. The van der Waals surface area contributed by atoms with Crippen molar-refractivity contribution in [2.75, 3.05) is 24.2 Å². The highest BCUT2D eigenvalue weighted by molar-refractivity contribution is 5.66. The van der Waals surface area contributed by atoms with E-state index in [0.717, 1.165) is 11.3 Å². The quantitative estimate of drug-likeness (QED) is 0.545. The molecule has 3 N–H and O–H groups in total. The first kappa shape index (κ1) is 12.3. The zero-order valence-electron chi connectivity index (χ0n) is 10.9. The van der Waals surface area contributed by atoms with Crippen molar-refractivity contribution in [3.8, 4) is 5.75 Å². The molecule has 2 heterocycles. The van der Waals surface area contributed by atoms with Gasteiger partial charge >= 0.3 is 0 Å². The fourth-order valence-electron chi connectivity index (χ4n) is 1.94. The third-order valence-electron chi connectivity index (χ3n) is 2.90. The Kier molecular flexibility index (Phi) is 3.36. The summed E-state index contributed by atoms with van der Waals surface area (Å²) in [5.41, 5.74) is 7.38. The van der Waals surface area contributed by atoms with Crippen molar-refractivity contribution in [2.24, 2.45) is 0 Å². The van der Waals surface area contributed by atoms with Crippen molar-refractivity contribution in [1.29, 1.82) is 0 Å². The molecule has 3 rings (SSSR count). The summed E-state index contributed by atoms with van der Waals surface area (Å²) in [5.74, 6) is 1.49. The maximum absolute atomic E-state index is 5.81. The minimum absolute atomic E-state index is 0.505. The fraction of sp³-hybridized carbons (Fsp3) is 0.143. The maximum Gasteiger partial charge on any atom is 0.152 e. The fourth-order valence-corrected chi connectivity index (χ4v) is 1.94. The number of anilines is 2. The molecule has 0 fully saturated rings. The van der Waals surface area contributed by atoms with Crippen molar-refractivity contribution in [1.82, 2.24) is 14.6 Å². The molecule has 0 saturated heterocycles. The molecule has 0 radical (unpaired) electrons. The van der Waals surface area contributed by atoms with Crippen LogP contribution < -0.4 is 15.8 Å². The number of hydrogen-bond donors (Lipinski definition) is 2. The van der Waals surface area contributed by atoms with E-state index in [4.69, 9.17) is 10.5 Å². The van der Waals surface area contributed by atoms with Crippen LogP contribution in [0.3, 0.4) is 0 Å². The van der Waals surface area contributed by atoms with Crippen molar-refractivity contribution in [2.45, 2.75) is 0 Å². The topological polar surface area (TPSA) is 77.5 Å². The van der Waals surface area contributed by atoms with E-state index in [9.17, 15) is 0 Å². The molecule has 0 aliphatic heterocycles. The van der Waals surface area contributed by atoms with E-state index in [0.29, 0.717) is 24.6 Å². The Morgan fingerprint density at radius 3 is 3.00 bits per heavy atom. The van der Waals surface area contributed by atoms with Gasteiger partial charge in [-0.1, -0.05) is 12.1 Å². The summed E-state index contributed by atoms with van der Waals surface area (Å²) in [7, 11) is 0. The summed E-state index contributed by atoms with van der Waals surface area (Å²) in [6, 6.07) is 9.35. The SMILES string of the molecule is Nc1ccccc1OCCNc1nccn2nccc12. The molecule has 102 valence electrons. The summed E-state index contributed by atoms with van der Waals surface area (Å²) in [5, 5.41) is 7.38. The van der Waals surface area contributed by atoms with Crippen molar-refractivity contribution < 1.29 is 4.74 Å². The highest BCUT2D eigenvalue weighted by Gasteiger charge is 2.02. The van der Waals surface area contributed by atoms with Crippen LogP contribution in [-0.4, -0.2) is 27.7 Å². The van der Waals surface area contributed by atoms with Crippen LogP contribution in [0.25, 0.3) is 5.52 Å².